The van der Waals surface area contributed by atoms with E-state index in [1.54, 1.807) is 12.0 Å². The number of methoxy groups -OCH3 is 1. The lowest BCUT2D eigenvalue weighted by molar-refractivity contribution is -0.131. The first-order valence-electron chi connectivity index (χ1n) is 11.0. The van der Waals surface area contributed by atoms with Crippen molar-refractivity contribution >= 4 is 11.8 Å². The highest BCUT2D eigenvalue weighted by Crippen LogP contribution is 2.17. The number of carbonyl (C=O) groups excluding carboxylic acids is 2. The van der Waals surface area contributed by atoms with Crippen LogP contribution in [0.1, 0.15) is 21.6 Å². The van der Waals surface area contributed by atoms with Crippen molar-refractivity contribution < 1.29 is 19.1 Å². The van der Waals surface area contributed by atoms with E-state index in [9.17, 15) is 9.59 Å². The number of benzene rings is 2. The van der Waals surface area contributed by atoms with Crippen LogP contribution in [-0.4, -0.2) is 71.0 Å². The molecule has 3 aromatic rings. The lowest BCUT2D eigenvalue weighted by Gasteiger charge is -2.25. The SMILES string of the molecule is COc1cccc(CO[C@H]2CN(CCc3ccccc3)C(=O)CN(C(=O)c3cnc[nH]3)C2)c1. The van der Waals surface area contributed by atoms with Crippen LogP contribution in [-0.2, 0) is 22.6 Å². The third-order valence-corrected chi connectivity index (χ3v) is 5.68. The Kier molecular flexibility index (Phi) is 7.36. The predicted octanol–water partition coefficient (Wildman–Crippen LogP) is 2.53. The van der Waals surface area contributed by atoms with Crippen LogP contribution in [0.2, 0.25) is 0 Å². The van der Waals surface area contributed by atoms with E-state index in [4.69, 9.17) is 9.47 Å². The van der Waals surface area contributed by atoms with Gasteiger partial charge in [0.15, 0.2) is 0 Å². The molecule has 8 nitrogen and oxygen atoms in total. The Morgan fingerprint density at radius 1 is 1.12 bits per heavy atom. The van der Waals surface area contributed by atoms with Crippen molar-refractivity contribution in [2.45, 2.75) is 19.1 Å². The summed E-state index contributed by atoms with van der Waals surface area (Å²) in [6.07, 6.45) is 3.33. The smallest absolute Gasteiger partial charge is 0.272 e. The zero-order valence-electron chi connectivity index (χ0n) is 18.6. The minimum Gasteiger partial charge on any atom is -0.497 e. The van der Waals surface area contributed by atoms with E-state index in [0.717, 1.165) is 23.3 Å². The van der Waals surface area contributed by atoms with Crippen LogP contribution in [0.15, 0.2) is 67.1 Å². The normalized spacial score (nSPS) is 16.5. The molecule has 0 saturated carbocycles. The molecule has 2 amide bonds. The number of rotatable bonds is 8. The zero-order valence-corrected chi connectivity index (χ0v) is 18.6. The summed E-state index contributed by atoms with van der Waals surface area (Å²) in [5.41, 5.74) is 2.48. The van der Waals surface area contributed by atoms with Crippen LogP contribution < -0.4 is 4.74 Å². The number of carbonyl (C=O) groups is 2. The summed E-state index contributed by atoms with van der Waals surface area (Å²) in [5, 5.41) is 0. The number of H-pyrrole nitrogens is 1. The number of imidazole rings is 1. The van der Waals surface area contributed by atoms with Crippen LogP contribution in [0.25, 0.3) is 0 Å². The first-order chi connectivity index (χ1) is 16.1. The molecule has 8 heteroatoms. The van der Waals surface area contributed by atoms with Crippen LogP contribution in [0, 0.1) is 0 Å². The monoisotopic (exact) mass is 448 g/mol. The fraction of sp³-hybridized carbons (Fsp3) is 0.320. The Balaban J connectivity index is 1.48. The number of aromatic nitrogens is 2. The maximum absolute atomic E-state index is 13.1. The van der Waals surface area contributed by atoms with Crippen LogP contribution in [0.5, 0.6) is 5.75 Å². The van der Waals surface area contributed by atoms with Gasteiger partial charge in [-0.1, -0.05) is 42.5 Å². The molecule has 2 aromatic carbocycles. The Morgan fingerprint density at radius 2 is 1.94 bits per heavy atom. The van der Waals surface area contributed by atoms with Crippen molar-refractivity contribution in [2.24, 2.45) is 0 Å². The number of hydrogen-bond donors (Lipinski definition) is 1. The van der Waals surface area contributed by atoms with Crippen LogP contribution in [0.4, 0.5) is 0 Å². The van der Waals surface area contributed by atoms with Gasteiger partial charge in [-0.05, 0) is 29.7 Å². The lowest BCUT2D eigenvalue weighted by atomic mass is 10.1. The molecule has 33 heavy (non-hydrogen) atoms. The quantitative estimate of drug-likeness (QED) is 0.572. The summed E-state index contributed by atoms with van der Waals surface area (Å²) in [4.78, 5) is 36.1. The summed E-state index contributed by atoms with van der Waals surface area (Å²) in [7, 11) is 1.63. The Bertz CT molecular complexity index is 1060. The summed E-state index contributed by atoms with van der Waals surface area (Å²) in [6.45, 7) is 1.66. The predicted molar refractivity (Wildman–Crippen MR) is 123 cm³/mol. The number of aromatic amines is 1. The largest absolute Gasteiger partial charge is 0.497 e. The fourth-order valence-electron chi connectivity index (χ4n) is 3.88. The molecule has 1 aliphatic heterocycles. The van der Waals surface area contributed by atoms with Gasteiger partial charge in [-0.25, -0.2) is 4.98 Å². The van der Waals surface area contributed by atoms with Gasteiger partial charge >= 0.3 is 0 Å². The van der Waals surface area contributed by atoms with E-state index in [-0.39, 0.29) is 24.5 Å². The third kappa shape index (κ3) is 5.98. The van der Waals surface area contributed by atoms with Crippen LogP contribution in [0.3, 0.4) is 0 Å². The fourth-order valence-corrected chi connectivity index (χ4v) is 3.88. The highest BCUT2D eigenvalue weighted by atomic mass is 16.5. The highest BCUT2D eigenvalue weighted by molar-refractivity contribution is 5.95. The summed E-state index contributed by atoms with van der Waals surface area (Å²) < 4.78 is 11.5. The first-order valence-corrected chi connectivity index (χ1v) is 11.0. The standard InChI is InChI=1S/C25H28N4O4/c1-32-21-9-5-8-20(12-21)17-33-22-14-28(11-10-19-6-3-2-4-7-19)24(30)16-29(15-22)25(31)23-13-26-18-27-23/h2-9,12-13,18,22H,10-11,14-17H2,1H3,(H,26,27)/t22-/m0/s1. The van der Waals surface area contributed by atoms with Crippen molar-refractivity contribution in [1.82, 2.24) is 19.8 Å². The highest BCUT2D eigenvalue weighted by Gasteiger charge is 2.31. The van der Waals surface area contributed by atoms with E-state index in [0.29, 0.717) is 31.9 Å². The molecule has 1 N–H and O–H groups in total. The molecule has 0 unspecified atom stereocenters. The summed E-state index contributed by atoms with van der Waals surface area (Å²) in [6, 6.07) is 17.7. The van der Waals surface area contributed by atoms with Crippen LogP contribution >= 0.6 is 0 Å². The molecular formula is C25H28N4O4. The lowest BCUT2D eigenvalue weighted by Crippen LogP contribution is -2.40. The number of nitrogens with one attached hydrogen (secondary N) is 1. The minimum atomic E-state index is -0.328. The molecule has 1 fully saturated rings. The number of ether oxygens (including phenoxy) is 2. The van der Waals surface area contributed by atoms with Gasteiger partial charge in [0, 0.05) is 19.6 Å². The van der Waals surface area contributed by atoms with E-state index in [1.165, 1.54) is 17.4 Å². The summed E-state index contributed by atoms with van der Waals surface area (Å²) >= 11 is 0. The Hall–Kier alpha value is -3.65. The molecular weight excluding hydrogens is 420 g/mol. The molecule has 172 valence electrons. The molecule has 1 atom stereocenters. The van der Waals surface area contributed by atoms with Gasteiger partial charge in [0.2, 0.25) is 5.91 Å². The molecule has 0 aliphatic carbocycles. The average molecular weight is 449 g/mol. The van der Waals surface area contributed by atoms with Crippen molar-refractivity contribution in [1.29, 1.82) is 0 Å². The van der Waals surface area contributed by atoms with E-state index in [2.05, 4.69) is 9.97 Å². The van der Waals surface area contributed by atoms with E-state index < -0.39 is 0 Å². The molecule has 0 spiro atoms. The maximum Gasteiger partial charge on any atom is 0.272 e. The Morgan fingerprint density at radius 3 is 2.70 bits per heavy atom. The second-order valence-corrected chi connectivity index (χ2v) is 8.01. The molecule has 1 aliphatic rings. The molecule has 4 rings (SSSR count). The van der Waals surface area contributed by atoms with Gasteiger partial charge in [0.1, 0.15) is 18.0 Å². The molecule has 1 aromatic heterocycles. The van der Waals surface area contributed by atoms with Crippen molar-refractivity contribution in [3.05, 3.63) is 83.9 Å². The number of hydrogen-bond acceptors (Lipinski definition) is 5. The number of nitrogens with zero attached hydrogens (tertiary/aromatic N) is 3. The van der Waals surface area contributed by atoms with Gasteiger partial charge in [-0.3, -0.25) is 9.59 Å². The van der Waals surface area contributed by atoms with Crippen molar-refractivity contribution in [3.8, 4) is 5.75 Å². The second kappa shape index (κ2) is 10.8. The molecule has 0 bridgehead atoms. The third-order valence-electron chi connectivity index (χ3n) is 5.68. The maximum atomic E-state index is 13.1. The van der Waals surface area contributed by atoms with E-state index in [1.807, 2.05) is 54.6 Å². The molecule has 0 radical (unpaired) electrons. The minimum absolute atomic E-state index is 0.00562. The first kappa shape index (κ1) is 22.5. The Labute approximate surface area is 193 Å². The zero-order chi connectivity index (χ0) is 23.0. The second-order valence-electron chi connectivity index (χ2n) is 8.01. The average Bonchev–Trinajstić information content (AvgIpc) is 3.34. The summed E-state index contributed by atoms with van der Waals surface area (Å²) in [5.74, 6) is 0.402. The van der Waals surface area contributed by atoms with Gasteiger partial charge < -0.3 is 24.3 Å². The van der Waals surface area contributed by atoms with Gasteiger partial charge in [-0.15, -0.1) is 0 Å². The molecule has 2 heterocycles. The topological polar surface area (TPSA) is 87.8 Å². The van der Waals surface area contributed by atoms with Crippen molar-refractivity contribution in [2.75, 3.05) is 33.3 Å². The molecule has 1 saturated heterocycles. The van der Waals surface area contributed by atoms with E-state index >= 15 is 0 Å². The van der Waals surface area contributed by atoms with Gasteiger partial charge in [0.05, 0.1) is 32.3 Å². The van der Waals surface area contributed by atoms with Gasteiger partial charge in [-0.2, -0.15) is 0 Å². The van der Waals surface area contributed by atoms with Crippen molar-refractivity contribution in [3.63, 3.8) is 0 Å². The van der Waals surface area contributed by atoms with Gasteiger partial charge in [0.25, 0.3) is 5.91 Å². The number of amides is 2.